The number of benzene rings is 1. The van der Waals surface area contributed by atoms with Gasteiger partial charge in [-0.25, -0.2) is 9.48 Å². The van der Waals surface area contributed by atoms with E-state index in [0.717, 1.165) is 44.2 Å². The first-order valence-corrected chi connectivity index (χ1v) is 9.42. The fourth-order valence-corrected chi connectivity index (χ4v) is 2.71. The van der Waals surface area contributed by atoms with Gasteiger partial charge in [-0.15, -0.1) is 0 Å². The molecule has 0 atom stereocenters. The third-order valence-electron chi connectivity index (χ3n) is 4.23. The third kappa shape index (κ3) is 6.67. The second-order valence-electron chi connectivity index (χ2n) is 6.66. The van der Waals surface area contributed by atoms with Crippen LogP contribution in [0.2, 0.25) is 0 Å². The van der Waals surface area contributed by atoms with Crippen LogP contribution in [0.5, 0.6) is 0 Å². The molecule has 166 valence electrons. The van der Waals surface area contributed by atoms with Crippen LogP contribution in [0, 0.1) is 0 Å². The molecule has 0 bridgehead atoms. The Morgan fingerprint density at radius 1 is 0.967 bits per heavy atom. The summed E-state index contributed by atoms with van der Waals surface area (Å²) < 4.78 is 77.9. The van der Waals surface area contributed by atoms with Crippen molar-refractivity contribution in [3.8, 4) is 5.69 Å². The van der Waals surface area contributed by atoms with Gasteiger partial charge in [-0.2, -0.15) is 31.4 Å². The molecule has 0 radical (unpaired) electrons. The van der Waals surface area contributed by atoms with Crippen molar-refractivity contribution >= 4 is 11.7 Å². The number of rotatable bonds is 8. The van der Waals surface area contributed by atoms with E-state index in [1.54, 1.807) is 0 Å². The summed E-state index contributed by atoms with van der Waals surface area (Å²) in [6.45, 7) is 2.58. The van der Waals surface area contributed by atoms with Gasteiger partial charge in [0.2, 0.25) is 0 Å². The van der Waals surface area contributed by atoms with Gasteiger partial charge in [-0.3, -0.25) is 0 Å². The quantitative estimate of drug-likeness (QED) is 0.394. The predicted octanol–water partition coefficient (Wildman–Crippen LogP) is 6.00. The topological polar surface area (TPSA) is 59.0 Å². The second-order valence-corrected chi connectivity index (χ2v) is 6.66. The maximum atomic E-state index is 13.1. The minimum absolute atomic E-state index is 0.0415. The van der Waals surface area contributed by atoms with E-state index < -0.39 is 29.8 Å². The number of amides is 2. The molecule has 2 N–H and O–H groups in total. The number of urea groups is 1. The molecule has 0 fully saturated rings. The molecular weight excluding hydrogens is 414 g/mol. The Morgan fingerprint density at radius 3 is 2.17 bits per heavy atom. The van der Waals surface area contributed by atoms with E-state index in [1.807, 2.05) is 0 Å². The van der Waals surface area contributed by atoms with E-state index in [-0.39, 0.29) is 22.1 Å². The zero-order chi connectivity index (χ0) is 22.4. The molecule has 0 aliphatic rings. The van der Waals surface area contributed by atoms with Gasteiger partial charge in [0.05, 0.1) is 5.69 Å². The smallest absolute Gasteiger partial charge is 0.338 e. The van der Waals surface area contributed by atoms with Crippen molar-refractivity contribution in [1.82, 2.24) is 15.1 Å². The van der Waals surface area contributed by atoms with E-state index in [9.17, 15) is 31.1 Å². The van der Waals surface area contributed by atoms with Gasteiger partial charge < -0.3 is 10.6 Å². The second kappa shape index (κ2) is 9.86. The summed E-state index contributed by atoms with van der Waals surface area (Å²) in [4.78, 5) is 11.8. The monoisotopic (exact) mass is 436 g/mol. The number of hydrogen-bond acceptors (Lipinski definition) is 2. The highest BCUT2D eigenvalue weighted by Crippen LogP contribution is 2.36. The third-order valence-corrected chi connectivity index (χ3v) is 4.23. The molecule has 1 aromatic heterocycles. The first-order valence-electron chi connectivity index (χ1n) is 9.42. The molecule has 0 saturated heterocycles. The van der Waals surface area contributed by atoms with Crippen LogP contribution in [0.25, 0.3) is 5.69 Å². The molecule has 0 unspecified atom stereocenters. The number of halogens is 6. The Bertz CT molecular complexity index is 827. The summed E-state index contributed by atoms with van der Waals surface area (Å²) in [5.41, 5.74) is -3.13. The van der Waals surface area contributed by atoms with Crippen LogP contribution in [-0.4, -0.2) is 22.4 Å². The highest BCUT2D eigenvalue weighted by molar-refractivity contribution is 5.89. The number of anilines is 1. The number of carbonyl (C=O) groups is 1. The average molecular weight is 436 g/mol. The molecule has 5 nitrogen and oxygen atoms in total. The lowest BCUT2D eigenvalue weighted by molar-refractivity contribution is -0.143. The minimum atomic E-state index is -5.02. The summed E-state index contributed by atoms with van der Waals surface area (Å²) in [7, 11) is 0. The number of nitrogens with one attached hydrogen (secondary N) is 2. The van der Waals surface area contributed by atoms with Crippen molar-refractivity contribution in [2.75, 3.05) is 11.9 Å². The molecule has 1 aromatic carbocycles. The van der Waals surface area contributed by atoms with Crippen molar-refractivity contribution in [2.24, 2.45) is 0 Å². The maximum absolute atomic E-state index is 13.1. The van der Waals surface area contributed by atoms with Crippen LogP contribution >= 0.6 is 0 Å². The van der Waals surface area contributed by atoms with Crippen LogP contribution in [0.3, 0.4) is 0 Å². The Balaban J connectivity index is 2.04. The largest absolute Gasteiger partial charge is 0.435 e. The fraction of sp³-hybridized carbons (Fsp3) is 0.474. The van der Waals surface area contributed by atoms with Crippen molar-refractivity contribution in [2.45, 2.75) is 51.4 Å². The highest BCUT2D eigenvalue weighted by atomic mass is 19.4. The van der Waals surface area contributed by atoms with Gasteiger partial charge in [0.1, 0.15) is 5.69 Å². The molecule has 11 heteroatoms. The number of carbonyl (C=O) groups excluding carboxylic acids is 1. The average Bonchev–Trinajstić information content (AvgIpc) is 3.11. The van der Waals surface area contributed by atoms with Gasteiger partial charge >= 0.3 is 18.4 Å². The summed E-state index contributed by atoms with van der Waals surface area (Å²) in [5, 5.41) is 8.23. The van der Waals surface area contributed by atoms with Gasteiger partial charge in [0.15, 0.2) is 5.69 Å². The lowest BCUT2D eigenvalue weighted by Crippen LogP contribution is -2.29. The molecule has 30 heavy (non-hydrogen) atoms. The molecule has 0 spiro atoms. The molecule has 2 aromatic rings. The Morgan fingerprint density at radius 2 is 1.60 bits per heavy atom. The van der Waals surface area contributed by atoms with Crippen LogP contribution in [0.1, 0.15) is 50.4 Å². The number of unbranched alkanes of at least 4 members (excludes halogenated alkanes) is 4. The normalized spacial score (nSPS) is 12.1. The van der Waals surface area contributed by atoms with Crippen molar-refractivity contribution in [1.29, 1.82) is 0 Å². The van der Waals surface area contributed by atoms with Gasteiger partial charge in [0, 0.05) is 18.3 Å². The van der Waals surface area contributed by atoms with Gasteiger partial charge in [-0.1, -0.05) is 32.6 Å². The molecular formula is C19H22F6N4O. The van der Waals surface area contributed by atoms with Gasteiger partial charge in [-0.05, 0) is 30.7 Å². The number of hydrogen-bond donors (Lipinski definition) is 2. The number of aromatic nitrogens is 2. The van der Waals surface area contributed by atoms with Crippen LogP contribution < -0.4 is 10.6 Å². The lowest BCUT2D eigenvalue weighted by atomic mass is 10.1. The molecule has 1 heterocycles. The lowest BCUT2D eigenvalue weighted by Gasteiger charge is -2.11. The van der Waals surface area contributed by atoms with Crippen molar-refractivity contribution in [3.63, 3.8) is 0 Å². The number of alkyl halides is 6. The van der Waals surface area contributed by atoms with Crippen molar-refractivity contribution in [3.05, 3.63) is 41.7 Å². The summed E-state index contributed by atoms with van der Waals surface area (Å²) in [5.74, 6) is 0. The predicted molar refractivity (Wildman–Crippen MR) is 99.3 cm³/mol. The Labute approximate surface area is 169 Å². The van der Waals surface area contributed by atoms with Gasteiger partial charge in [0.25, 0.3) is 0 Å². The molecule has 0 aliphatic carbocycles. The summed E-state index contributed by atoms with van der Waals surface area (Å²) in [6, 6.07) is 4.33. The molecule has 0 aliphatic heterocycles. The SMILES string of the molecule is CCCCCCCNC(=O)Nc1ccc(-n2nc(C(F)(F)F)cc2C(F)(F)F)cc1. The first-order chi connectivity index (χ1) is 14.0. The summed E-state index contributed by atoms with van der Waals surface area (Å²) >= 11 is 0. The van der Waals surface area contributed by atoms with Crippen LogP contribution in [-0.2, 0) is 12.4 Å². The van der Waals surface area contributed by atoms with E-state index in [4.69, 9.17) is 0 Å². The fourth-order valence-electron chi connectivity index (χ4n) is 2.71. The van der Waals surface area contributed by atoms with E-state index in [0.29, 0.717) is 6.54 Å². The Hall–Kier alpha value is -2.72. The molecule has 2 amide bonds. The highest BCUT2D eigenvalue weighted by Gasteiger charge is 2.42. The zero-order valence-corrected chi connectivity index (χ0v) is 16.2. The first kappa shape index (κ1) is 23.6. The Kier molecular flexibility index (Phi) is 7.74. The zero-order valence-electron chi connectivity index (χ0n) is 16.2. The maximum Gasteiger partial charge on any atom is 0.435 e. The van der Waals surface area contributed by atoms with Crippen LogP contribution in [0.15, 0.2) is 30.3 Å². The minimum Gasteiger partial charge on any atom is -0.338 e. The standard InChI is InChI=1S/C19H22F6N4O/c1-2-3-4-5-6-11-26-17(30)27-13-7-9-14(10-8-13)29-16(19(23,24)25)12-15(28-29)18(20,21)22/h7-10,12H,2-6,11H2,1H3,(H2,26,27,30). The van der Waals surface area contributed by atoms with E-state index in [2.05, 4.69) is 22.7 Å². The summed E-state index contributed by atoms with van der Waals surface area (Å²) in [6.07, 6.45) is -4.88. The van der Waals surface area contributed by atoms with Crippen molar-refractivity contribution < 1.29 is 31.1 Å². The van der Waals surface area contributed by atoms with E-state index >= 15 is 0 Å². The molecule has 0 saturated carbocycles. The van der Waals surface area contributed by atoms with Crippen LogP contribution in [0.4, 0.5) is 36.8 Å². The number of nitrogens with zero attached hydrogens (tertiary/aromatic N) is 2. The van der Waals surface area contributed by atoms with E-state index in [1.165, 1.54) is 12.1 Å². The molecule has 2 rings (SSSR count).